The summed E-state index contributed by atoms with van der Waals surface area (Å²) in [5, 5.41) is 0.609. The highest BCUT2D eigenvalue weighted by molar-refractivity contribution is 6.31. The van der Waals surface area contributed by atoms with Gasteiger partial charge in [0.15, 0.2) is 0 Å². The molecule has 1 fully saturated rings. The Morgan fingerprint density at radius 3 is 2.38 bits per heavy atom. The molecule has 0 saturated carbocycles. The molecule has 2 aromatic carbocycles. The van der Waals surface area contributed by atoms with E-state index in [1.165, 1.54) is 16.8 Å². The summed E-state index contributed by atoms with van der Waals surface area (Å²) in [6.07, 6.45) is 0. The van der Waals surface area contributed by atoms with Crippen molar-refractivity contribution in [3.63, 3.8) is 0 Å². The molecule has 1 aliphatic heterocycles. The quantitative estimate of drug-likeness (QED) is 0.815. The van der Waals surface area contributed by atoms with E-state index in [1.807, 2.05) is 24.0 Å². The van der Waals surface area contributed by atoms with Crippen LogP contribution in [0.4, 0.5) is 5.69 Å². The summed E-state index contributed by atoms with van der Waals surface area (Å²) in [6.45, 7) is 9.44. The minimum Gasteiger partial charge on any atom is -0.368 e. The normalized spacial score (nSPS) is 14.8. The van der Waals surface area contributed by atoms with Crippen molar-refractivity contribution in [3.8, 4) is 0 Å². The molecular weight excluding hydrogens is 320 g/mol. The second-order valence-corrected chi connectivity index (χ2v) is 6.89. The van der Waals surface area contributed by atoms with Gasteiger partial charge in [-0.25, -0.2) is 0 Å². The van der Waals surface area contributed by atoms with Gasteiger partial charge in [0, 0.05) is 42.5 Å². The molecule has 3 nitrogen and oxygen atoms in total. The molecule has 24 heavy (non-hydrogen) atoms. The fourth-order valence-corrected chi connectivity index (χ4v) is 3.40. The van der Waals surface area contributed by atoms with Gasteiger partial charge < -0.3 is 9.80 Å². The van der Waals surface area contributed by atoms with Crippen molar-refractivity contribution in [1.82, 2.24) is 4.90 Å². The van der Waals surface area contributed by atoms with Gasteiger partial charge in [-0.1, -0.05) is 29.8 Å². The SMILES string of the molecule is Cc1ccc(Cl)cc1C(=O)N1CCN(c2cccc(C)c2C)CC1. The van der Waals surface area contributed by atoms with Gasteiger partial charge in [-0.05, 0) is 55.7 Å². The van der Waals surface area contributed by atoms with Crippen LogP contribution in [0.1, 0.15) is 27.0 Å². The lowest BCUT2D eigenvalue weighted by atomic mass is 10.1. The smallest absolute Gasteiger partial charge is 0.254 e. The Kier molecular flexibility index (Phi) is 4.81. The number of rotatable bonds is 2. The van der Waals surface area contributed by atoms with Crippen LogP contribution in [0.25, 0.3) is 0 Å². The Morgan fingerprint density at radius 2 is 1.67 bits per heavy atom. The van der Waals surface area contributed by atoms with Crippen molar-refractivity contribution in [2.45, 2.75) is 20.8 Å². The first-order valence-electron chi connectivity index (χ1n) is 8.34. The second-order valence-electron chi connectivity index (χ2n) is 6.46. The molecule has 0 bridgehead atoms. The first-order chi connectivity index (χ1) is 11.5. The molecule has 0 radical (unpaired) electrons. The summed E-state index contributed by atoms with van der Waals surface area (Å²) in [6, 6.07) is 11.9. The number of halogens is 1. The average molecular weight is 343 g/mol. The Balaban J connectivity index is 1.72. The second kappa shape index (κ2) is 6.86. The van der Waals surface area contributed by atoms with Crippen LogP contribution in [0.5, 0.6) is 0 Å². The summed E-state index contributed by atoms with van der Waals surface area (Å²) in [5.41, 5.74) is 5.59. The van der Waals surface area contributed by atoms with Gasteiger partial charge in [-0.15, -0.1) is 0 Å². The van der Waals surface area contributed by atoms with Crippen molar-refractivity contribution in [2.75, 3.05) is 31.1 Å². The molecule has 0 aromatic heterocycles. The summed E-state index contributed by atoms with van der Waals surface area (Å²) in [4.78, 5) is 17.1. The van der Waals surface area contributed by atoms with E-state index in [9.17, 15) is 4.79 Å². The lowest BCUT2D eigenvalue weighted by molar-refractivity contribution is 0.0746. The predicted octanol–water partition coefficient (Wildman–Crippen LogP) is 4.23. The molecule has 1 aliphatic rings. The first-order valence-corrected chi connectivity index (χ1v) is 8.72. The number of aryl methyl sites for hydroxylation is 2. The Labute approximate surface area is 148 Å². The lowest BCUT2D eigenvalue weighted by Crippen LogP contribution is -2.49. The number of hydrogen-bond acceptors (Lipinski definition) is 2. The van der Waals surface area contributed by atoms with Gasteiger partial charge in [0.2, 0.25) is 0 Å². The molecular formula is C20H23ClN2O. The van der Waals surface area contributed by atoms with Crippen LogP contribution in [0, 0.1) is 20.8 Å². The molecule has 0 N–H and O–H groups in total. The molecule has 1 heterocycles. The maximum absolute atomic E-state index is 12.8. The predicted molar refractivity (Wildman–Crippen MR) is 100 cm³/mol. The van der Waals surface area contributed by atoms with Crippen molar-refractivity contribution in [1.29, 1.82) is 0 Å². The highest BCUT2D eigenvalue weighted by Gasteiger charge is 2.24. The average Bonchev–Trinajstić information content (AvgIpc) is 2.59. The molecule has 0 atom stereocenters. The number of piperazine rings is 1. The molecule has 0 unspecified atom stereocenters. The number of benzene rings is 2. The molecule has 3 rings (SSSR count). The zero-order valence-electron chi connectivity index (χ0n) is 14.5. The van der Waals surface area contributed by atoms with E-state index in [1.54, 1.807) is 6.07 Å². The fourth-order valence-electron chi connectivity index (χ4n) is 3.22. The van der Waals surface area contributed by atoms with E-state index in [0.717, 1.165) is 31.7 Å². The van der Waals surface area contributed by atoms with Gasteiger partial charge in [0.05, 0.1) is 0 Å². The highest BCUT2D eigenvalue weighted by atomic mass is 35.5. The van der Waals surface area contributed by atoms with Crippen LogP contribution >= 0.6 is 11.6 Å². The number of nitrogens with zero attached hydrogens (tertiary/aromatic N) is 2. The Hall–Kier alpha value is -2.00. The highest BCUT2D eigenvalue weighted by Crippen LogP contribution is 2.25. The molecule has 1 saturated heterocycles. The van der Waals surface area contributed by atoms with E-state index < -0.39 is 0 Å². The van der Waals surface area contributed by atoms with E-state index in [0.29, 0.717) is 10.6 Å². The third kappa shape index (κ3) is 3.27. The number of amides is 1. The first kappa shape index (κ1) is 16.8. The van der Waals surface area contributed by atoms with Crippen molar-refractivity contribution < 1.29 is 4.79 Å². The van der Waals surface area contributed by atoms with Gasteiger partial charge in [0.25, 0.3) is 5.91 Å². The van der Waals surface area contributed by atoms with Crippen LogP contribution in [-0.2, 0) is 0 Å². The maximum atomic E-state index is 12.8. The van der Waals surface area contributed by atoms with Crippen molar-refractivity contribution >= 4 is 23.2 Å². The van der Waals surface area contributed by atoms with Crippen LogP contribution < -0.4 is 4.90 Å². The monoisotopic (exact) mass is 342 g/mol. The van der Waals surface area contributed by atoms with Gasteiger partial charge in [0.1, 0.15) is 0 Å². The largest absolute Gasteiger partial charge is 0.368 e. The van der Waals surface area contributed by atoms with Crippen LogP contribution in [-0.4, -0.2) is 37.0 Å². The van der Waals surface area contributed by atoms with Gasteiger partial charge in [-0.2, -0.15) is 0 Å². The number of anilines is 1. The standard InChI is InChI=1S/C20H23ClN2O/c1-14-5-4-6-19(16(14)3)22-9-11-23(12-10-22)20(24)18-13-17(21)8-7-15(18)2/h4-8,13H,9-12H2,1-3H3. The zero-order valence-corrected chi connectivity index (χ0v) is 15.2. The zero-order chi connectivity index (χ0) is 17.3. The Bertz CT molecular complexity index is 764. The fraction of sp³-hybridized carbons (Fsp3) is 0.350. The van der Waals surface area contributed by atoms with Crippen LogP contribution in [0.15, 0.2) is 36.4 Å². The third-order valence-corrected chi connectivity index (χ3v) is 5.15. The van der Waals surface area contributed by atoms with E-state index in [-0.39, 0.29) is 5.91 Å². The Morgan fingerprint density at radius 1 is 0.958 bits per heavy atom. The van der Waals surface area contributed by atoms with Crippen molar-refractivity contribution in [2.24, 2.45) is 0 Å². The summed E-state index contributed by atoms with van der Waals surface area (Å²) in [5.74, 6) is 0.0793. The molecule has 4 heteroatoms. The van der Waals surface area contributed by atoms with Crippen molar-refractivity contribution in [3.05, 3.63) is 63.7 Å². The minimum atomic E-state index is 0.0793. The number of hydrogen-bond donors (Lipinski definition) is 0. The minimum absolute atomic E-state index is 0.0793. The molecule has 0 spiro atoms. The summed E-state index contributed by atoms with van der Waals surface area (Å²) < 4.78 is 0. The van der Waals surface area contributed by atoms with Gasteiger partial charge in [-0.3, -0.25) is 4.79 Å². The third-order valence-electron chi connectivity index (χ3n) is 4.91. The van der Waals surface area contributed by atoms with Crippen LogP contribution in [0.2, 0.25) is 5.02 Å². The molecule has 126 valence electrons. The molecule has 1 amide bonds. The van der Waals surface area contributed by atoms with Gasteiger partial charge >= 0.3 is 0 Å². The van der Waals surface area contributed by atoms with E-state index in [4.69, 9.17) is 11.6 Å². The number of carbonyl (C=O) groups is 1. The maximum Gasteiger partial charge on any atom is 0.254 e. The lowest BCUT2D eigenvalue weighted by Gasteiger charge is -2.37. The molecule has 2 aromatic rings. The number of carbonyl (C=O) groups excluding carboxylic acids is 1. The topological polar surface area (TPSA) is 23.6 Å². The van der Waals surface area contributed by atoms with Crippen LogP contribution in [0.3, 0.4) is 0 Å². The summed E-state index contributed by atoms with van der Waals surface area (Å²) in [7, 11) is 0. The van der Waals surface area contributed by atoms with E-state index in [2.05, 4.69) is 36.9 Å². The molecule has 0 aliphatic carbocycles. The summed E-state index contributed by atoms with van der Waals surface area (Å²) >= 11 is 6.06. The van der Waals surface area contributed by atoms with E-state index >= 15 is 0 Å².